The molecule has 30 heavy (non-hydrogen) atoms. The number of aromatic nitrogens is 1. The molecule has 0 unspecified atom stereocenters. The Hall–Kier alpha value is -2.73. The van der Waals surface area contributed by atoms with Crippen LogP contribution in [0.15, 0.2) is 41.3 Å². The molecule has 8 nitrogen and oxygen atoms in total. The Morgan fingerprint density at radius 1 is 1.07 bits per heavy atom. The molecule has 12 heteroatoms. The highest BCUT2D eigenvalue weighted by Gasteiger charge is 2.31. The second-order valence-corrected chi connectivity index (χ2v) is 7.61. The van der Waals surface area contributed by atoms with Gasteiger partial charge in [-0.15, -0.1) is 13.2 Å². The van der Waals surface area contributed by atoms with Gasteiger partial charge in [0.1, 0.15) is 18.0 Å². The summed E-state index contributed by atoms with van der Waals surface area (Å²) in [6, 6.07) is 6.68. The summed E-state index contributed by atoms with van der Waals surface area (Å²) in [4.78, 5) is 3.83. The summed E-state index contributed by atoms with van der Waals surface area (Å²) in [7, 11) is -2.79. The largest absolute Gasteiger partial charge is 0.573 e. The minimum Gasteiger partial charge on any atom is -0.479 e. The number of pyridine rings is 1. The normalized spacial score (nSPS) is 11.8. The van der Waals surface area contributed by atoms with E-state index in [0.29, 0.717) is 13.2 Å². The lowest BCUT2D eigenvalue weighted by molar-refractivity contribution is -0.274. The highest BCUT2D eigenvalue weighted by molar-refractivity contribution is 7.92. The first-order valence-electron chi connectivity index (χ1n) is 8.92. The average Bonchev–Trinajstić information content (AvgIpc) is 2.67. The highest BCUT2D eigenvalue weighted by Crippen LogP contribution is 2.28. The van der Waals surface area contributed by atoms with Crippen LogP contribution in [0.5, 0.6) is 17.5 Å². The Bertz CT molecular complexity index is 922. The molecule has 0 aliphatic rings. The number of sulfonamides is 1. The molecule has 0 amide bonds. The van der Waals surface area contributed by atoms with E-state index in [1.807, 2.05) is 6.92 Å². The fraction of sp³-hybridized carbons (Fsp3) is 0.389. The molecule has 2 aromatic rings. The van der Waals surface area contributed by atoms with Gasteiger partial charge in [-0.3, -0.25) is 4.72 Å². The molecule has 0 bridgehead atoms. The van der Waals surface area contributed by atoms with Crippen LogP contribution in [0.1, 0.15) is 13.3 Å². The molecule has 0 atom stereocenters. The van der Waals surface area contributed by atoms with Crippen LogP contribution >= 0.6 is 0 Å². The molecule has 0 saturated heterocycles. The molecule has 0 saturated carbocycles. The van der Waals surface area contributed by atoms with Crippen LogP contribution in [0.3, 0.4) is 0 Å². The van der Waals surface area contributed by atoms with Gasteiger partial charge in [-0.1, -0.05) is 6.92 Å². The molecule has 1 aromatic carbocycles. The maximum Gasteiger partial charge on any atom is 0.573 e. The number of ether oxygens (including phenoxy) is 3. The molecule has 0 radical (unpaired) electrons. The number of anilines is 1. The van der Waals surface area contributed by atoms with Crippen LogP contribution in [-0.2, 0) is 10.0 Å². The minimum atomic E-state index is -4.87. The highest BCUT2D eigenvalue weighted by atomic mass is 32.2. The van der Waals surface area contributed by atoms with Crippen molar-refractivity contribution in [2.24, 2.45) is 0 Å². The number of halogens is 3. The predicted octanol–water partition coefficient (Wildman–Crippen LogP) is 3.17. The van der Waals surface area contributed by atoms with E-state index >= 15 is 0 Å². The number of methoxy groups -OCH3 is 1. The first-order chi connectivity index (χ1) is 14.1. The number of rotatable bonds is 11. The Morgan fingerprint density at radius 2 is 1.77 bits per heavy atom. The number of hydrogen-bond acceptors (Lipinski definition) is 7. The van der Waals surface area contributed by atoms with Crippen LogP contribution in [0, 0.1) is 0 Å². The first-order valence-corrected chi connectivity index (χ1v) is 10.4. The van der Waals surface area contributed by atoms with E-state index in [1.54, 1.807) is 0 Å². The Kier molecular flexibility index (Phi) is 8.12. The molecular weight excluding hydrogens is 427 g/mol. The zero-order chi connectivity index (χ0) is 22.2. The summed E-state index contributed by atoms with van der Waals surface area (Å²) in [5.74, 6) is -0.299. The van der Waals surface area contributed by atoms with Crippen LogP contribution in [0.25, 0.3) is 0 Å². The van der Waals surface area contributed by atoms with Gasteiger partial charge in [0.15, 0.2) is 0 Å². The summed E-state index contributed by atoms with van der Waals surface area (Å²) >= 11 is 0. The molecule has 1 aromatic heterocycles. The minimum absolute atomic E-state index is 0.0189. The van der Waals surface area contributed by atoms with Crippen molar-refractivity contribution in [1.29, 1.82) is 0 Å². The molecule has 2 N–H and O–H groups in total. The van der Waals surface area contributed by atoms with E-state index in [0.717, 1.165) is 37.2 Å². The van der Waals surface area contributed by atoms with Gasteiger partial charge in [0, 0.05) is 12.6 Å². The zero-order valence-electron chi connectivity index (χ0n) is 16.3. The van der Waals surface area contributed by atoms with Crippen molar-refractivity contribution in [2.45, 2.75) is 24.6 Å². The fourth-order valence-electron chi connectivity index (χ4n) is 2.29. The monoisotopic (exact) mass is 449 g/mol. The van der Waals surface area contributed by atoms with E-state index in [9.17, 15) is 21.6 Å². The number of nitrogens with zero attached hydrogens (tertiary/aromatic N) is 1. The van der Waals surface area contributed by atoms with Gasteiger partial charge in [-0.05, 0) is 43.3 Å². The molecule has 0 aliphatic heterocycles. The van der Waals surface area contributed by atoms with Crippen molar-refractivity contribution >= 4 is 15.7 Å². The molecule has 166 valence electrons. The van der Waals surface area contributed by atoms with Gasteiger partial charge in [0.25, 0.3) is 10.0 Å². The smallest absolute Gasteiger partial charge is 0.479 e. The topological polar surface area (TPSA) is 98.8 Å². The van der Waals surface area contributed by atoms with Gasteiger partial charge < -0.3 is 19.5 Å². The Labute approximate surface area is 172 Å². The molecule has 0 aliphatic carbocycles. The van der Waals surface area contributed by atoms with Gasteiger partial charge in [-0.25, -0.2) is 8.42 Å². The average molecular weight is 449 g/mol. The lowest BCUT2D eigenvalue weighted by Gasteiger charge is -2.13. The standard InChI is InChI=1S/C18H22F3N3O5S/c1-3-10-22-11-12-28-16-9-8-15(17(23-16)27-2)24-30(25,26)14-6-4-13(5-7-14)29-18(19,20)21/h4-9,22,24H,3,10-12H2,1-2H3. The van der Waals surface area contributed by atoms with Gasteiger partial charge in [-0.2, -0.15) is 4.98 Å². The summed E-state index contributed by atoms with van der Waals surface area (Å²) in [5, 5.41) is 3.16. The zero-order valence-corrected chi connectivity index (χ0v) is 17.1. The summed E-state index contributed by atoms with van der Waals surface area (Å²) in [5.41, 5.74) is 0.0459. The van der Waals surface area contributed by atoms with Gasteiger partial charge in [0.2, 0.25) is 11.8 Å². The van der Waals surface area contributed by atoms with Crippen LogP contribution < -0.4 is 24.2 Å². The lowest BCUT2D eigenvalue weighted by atomic mass is 10.3. The van der Waals surface area contributed by atoms with Crippen molar-refractivity contribution in [3.63, 3.8) is 0 Å². The first kappa shape index (κ1) is 23.5. The van der Waals surface area contributed by atoms with Crippen LogP contribution in [-0.4, -0.2) is 46.6 Å². The number of nitrogens with one attached hydrogen (secondary N) is 2. The third kappa shape index (κ3) is 7.26. The van der Waals surface area contributed by atoms with E-state index in [-0.39, 0.29) is 22.3 Å². The van der Waals surface area contributed by atoms with Crippen molar-refractivity contribution in [2.75, 3.05) is 31.5 Å². The predicted molar refractivity (Wildman–Crippen MR) is 103 cm³/mol. The van der Waals surface area contributed by atoms with E-state index in [1.165, 1.54) is 19.2 Å². The molecule has 2 rings (SSSR count). The fourth-order valence-corrected chi connectivity index (χ4v) is 3.35. The maximum atomic E-state index is 12.5. The van der Waals surface area contributed by atoms with E-state index in [2.05, 4.69) is 19.8 Å². The van der Waals surface area contributed by atoms with Gasteiger partial charge >= 0.3 is 6.36 Å². The molecule has 1 heterocycles. The third-order valence-corrected chi connectivity index (χ3v) is 4.98. The second-order valence-electron chi connectivity index (χ2n) is 5.93. The van der Waals surface area contributed by atoms with Crippen LogP contribution in [0.2, 0.25) is 0 Å². The third-order valence-electron chi connectivity index (χ3n) is 3.60. The summed E-state index contributed by atoms with van der Waals surface area (Å²) < 4.78 is 78.3. The number of hydrogen-bond donors (Lipinski definition) is 2. The van der Waals surface area contributed by atoms with Crippen LogP contribution in [0.4, 0.5) is 18.9 Å². The van der Waals surface area contributed by atoms with Gasteiger partial charge in [0.05, 0.1) is 12.0 Å². The van der Waals surface area contributed by atoms with Crippen molar-refractivity contribution in [1.82, 2.24) is 10.3 Å². The maximum absolute atomic E-state index is 12.5. The van der Waals surface area contributed by atoms with Crippen molar-refractivity contribution < 1.29 is 35.8 Å². The number of alkyl halides is 3. The van der Waals surface area contributed by atoms with Crippen molar-refractivity contribution in [3.8, 4) is 17.5 Å². The second kappa shape index (κ2) is 10.3. The summed E-state index contributed by atoms with van der Waals surface area (Å²) in [6.45, 7) is 3.91. The SMILES string of the molecule is CCCNCCOc1ccc(NS(=O)(=O)c2ccc(OC(F)(F)F)cc2)c(OC)n1. The molecular formula is C18H22F3N3O5S. The van der Waals surface area contributed by atoms with E-state index in [4.69, 9.17) is 9.47 Å². The molecule has 0 fully saturated rings. The summed E-state index contributed by atoms with van der Waals surface area (Å²) in [6.07, 6.45) is -3.87. The molecule has 0 spiro atoms. The quantitative estimate of drug-likeness (QED) is 0.509. The Morgan fingerprint density at radius 3 is 2.37 bits per heavy atom. The lowest BCUT2D eigenvalue weighted by Crippen LogP contribution is -2.21. The van der Waals surface area contributed by atoms with Crippen molar-refractivity contribution in [3.05, 3.63) is 36.4 Å². The number of benzene rings is 1. The Balaban J connectivity index is 2.08. The van der Waals surface area contributed by atoms with E-state index < -0.39 is 22.1 Å².